The molecular formula is C43H63N11O12S2. The smallest absolute Gasteiger partial charge is 0.246 e. The van der Waals surface area contributed by atoms with Crippen molar-refractivity contribution >= 4 is 86.6 Å². The highest BCUT2D eigenvalue weighted by molar-refractivity contribution is 8.76. The highest BCUT2D eigenvalue weighted by Crippen LogP contribution is 2.26. The van der Waals surface area contributed by atoms with Crippen LogP contribution in [0.15, 0.2) is 24.3 Å². The van der Waals surface area contributed by atoms with E-state index < -0.39 is 126 Å². The second-order valence-electron chi connectivity index (χ2n) is 16.9. The van der Waals surface area contributed by atoms with Crippen molar-refractivity contribution in [2.45, 2.75) is 127 Å². The molecule has 11 amide bonds. The van der Waals surface area contributed by atoms with E-state index in [-0.39, 0.29) is 68.9 Å². The highest BCUT2D eigenvalue weighted by atomic mass is 33.1. The Balaban J connectivity index is 1.77. The summed E-state index contributed by atoms with van der Waals surface area (Å²) >= 11 is 0. The number of fused-ring (bicyclic) bond motifs is 7. The van der Waals surface area contributed by atoms with Crippen molar-refractivity contribution in [3.05, 3.63) is 29.8 Å². The van der Waals surface area contributed by atoms with Gasteiger partial charge in [0.2, 0.25) is 65.0 Å². The standard InChI is InChI=1S/C43H63N11O12S2/c1-3-23(2)36-42(65)50-27-13-14-34(58)46-16-5-4-7-26(37(60)47-21-33(45)57)49-41(64)31-8-6-17-54(31)43(66)30(52-39(62)29(20-32(44)56)51-38(27)61)22-68-67-18-15-35(59)48-28(40(63)53-36)19-24-9-11-25(55)12-10-24/h9-12,23,26-31,36,55H,3-8,13-22H2,1-2H3,(H2,44,56)(H2,45,57)(H,46,58)(H,47,60)(H,48,59)(H,49,64)(H,50,65)(H,51,61)(H,52,62)(H,53,63)/t23-,26-,27-,28-,29-,30+,31-,36+/m1/s1. The summed E-state index contributed by atoms with van der Waals surface area (Å²) in [5.41, 5.74) is 11.3. The number of nitrogens with one attached hydrogen (secondary N) is 8. The van der Waals surface area contributed by atoms with Crippen molar-refractivity contribution in [2.75, 3.05) is 31.1 Å². The summed E-state index contributed by atoms with van der Waals surface area (Å²) in [4.78, 5) is 150. The third-order valence-electron chi connectivity index (χ3n) is 11.6. The first-order valence-electron chi connectivity index (χ1n) is 22.6. The lowest BCUT2D eigenvalue weighted by Gasteiger charge is -2.31. The number of phenolic OH excluding ortho intramolecular Hbond substituents is 1. The molecule has 3 fully saturated rings. The summed E-state index contributed by atoms with van der Waals surface area (Å²) < 4.78 is 0. The number of phenols is 1. The Morgan fingerprint density at radius 2 is 1.46 bits per heavy atom. The van der Waals surface area contributed by atoms with Gasteiger partial charge in [-0.2, -0.15) is 0 Å². The number of nitrogens with two attached hydrogens (primary N) is 2. The molecule has 3 aliphatic heterocycles. The van der Waals surface area contributed by atoms with Crippen molar-refractivity contribution in [1.29, 1.82) is 0 Å². The van der Waals surface area contributed by atoms with Gasteiger partial charge in [0, 0.05) is 43.9 Å². The topological polar surface area (TPSA) is 360 Å². The predicted molar refractivity (Wildman–Crippen MR) is 249 cm³/mol. The lowest BCUT2D eigenvalue weighted by molar-refractivity contribution is -0.142. The molecule has 3 heterocycles. The van der Waals surface area contributed by atoms with Crippen LogP contribution in [0.4, 0.5) is 0 Å². The Morgan fingerprint density at radius 1 is 0.750 bits per heavy atom. The normalized spacial score (nSPS) is 26.4. The van der Waals surface area contributed by atoms with E-state index in [9.17, 15) is 57.8 Å². The summed E-state index contributed by atoms with van der Waals surface area (Å²) in [7, 11) is 2.27. The number of rotatable bonds is 9. The molecule has 0 spiro atoms. The van der Waals surface area contributed by atoms with Gasteiger partial charge in [-0.05, 0) is 62.1 Å². The summed E-state index contributed by atoms with van der Waals surface area (Å²) in [5, 5.41) is 30.8. The van der Waals surface area contributed by atoms with E-state index in [2.05, 4.69) is 42.5 Å². The molecule has 0 saturated carbocycles. The van der Waals surface area contributed by atoms with Crippen LogP contribution in [0.2, 0.25) is 0 Å². The second kappa shape index (κ2) is 27.0. The fourth-order valence-corrected chi connectivity index (χ4v) is 9.82. The third-order valence-corrected chi connectivity index (χ3v) is 14.1. The SMILES string of the molecule is CC[C@@H](C)[C@@H]1NC(=O)[C@@H](Cc2ccc(O)cc2)NC(=O)CCSSC[C@@H]2NC(=O)[C@@H](CC(N)=O)NC(=O)[C@@H](CCC(=O)NCCCC[C@H](C(=O)NCC(N)=O)NC(=O)[C@H]3CCCN3C2=O)NC1=O. The van der Waals surface area contributed by atoms with E-state index in [1.807, 2.05) is 0 Å². The lowest BCUT2D eigenvalue weighted by atomic mass is 9.96. The zero-order valence-corrected chi connectivity index (χ0v) is 39.7. The van der Waals surface area contributed by atoms with Gasteiger partial charge in [-0.15, -0.1) is 0 Å². The van der Waals surface area contributed by atoms with Crippen molar-refractivity contribution in [2.24, 2.45) is 17.4 Å². The van der Waals surface area contributed by atoms with Crippen LogP contribution in [-0.4, -0.2) is 148 Å². The molecule has 3 aliphatic rings. The summed E-state index contributed by atoms with van der Waals surface area (Å²) in [5.74, 6) is -9.11. The van der Waals surface area contributed by atoms with Crippen LogP contribution < -0.4 is 54.0 Å². The number of hydrogen-bond donors (Lipinski definition) is 11. The zero-order chi connectivity index (χ0) is 49.9. The summed E-state index contributed by atoms with van der Waals surface area (Å²) in [6, 6.07) is -3.39. The number of aromatic hydroxyl groups is 1. The van der Waals surface area contributed by atoms with E-state index in [0.29, 0.717) is 31.2 Å². The molecule has 0 radical (unpaired) electrons. The molecule has 374 valence electrons. The van der Waals surface area contributed by atoms with Crippen LogP contribution in [0, 0.1) is 5.92 Å². The molecule has 23 nitrogen and oxygen atoms in total. The second-order valence-corrected chi connectivity index (χ2v) is 19.5. The van der Waals surface area contributed by atoms with Crippen LogP contribution in [-0.2, 0) is 59.2 Å². The Morgan fingerprint density at radius 3 is 2.15 bits per heavy atom. The maximum absolute atomic E-state index is 14.5. The molecule has 8 atom stereocenters. The van der Waals surface area contributed by atoms with Crippen LogP contribution in [0.25, 0.3) is 0 Å². The molecular weight excluding hydrogens is 927 g/mol. The largest absolute Gasteiger partial charge is 0.508 e. The van der Waals surface area contributed by atoms with E-state index >= 15 is 0 Å². The van der Waals surface area contributed by atoms with Gasteiger partial charge in [0.05, 0.1) is 13.0 Å². The van der Waals surface area contributed by atoms with Crippen LogP contribution in [0.3, 0.4) is 0 Å². The van der Waals surface area contributed by atoms with Gasteiger partial charge in [0.25, 0.3) is 0 Å². The number of nitrogens with zero attached hydrogens (tertiary/aromatic N) is 1. The molecule has 4 rings (SSSR count). The maximum Gasteiger partial charge on any atom is 0.246 e. The lowest BCUT2D eigenvalue weighted by Crippen LogP contribution is -2.61. The molecule has 0 aromatic heterocycles. The molecule has 0 unspecified atom stereocenters. The first-order valence-corrected chi connectivity index (χ1v) is 25.1. The first-order chi connectivity index (χ1) is 32.4. The summed E-state index contributed by atoms with van der Waals surface area (Å²) in [6.45, 7) is 3.14. The minimum atomic E-state index is -1.70. The Labute approximate surface area is 401 Å². The molecule has 0 aliphatic carbocycles. The van der Waals surface area contributed by atoms with Crippen molar-refractivity contribution in [3.8, 4) is 5.75 Å². The van der Waals surface area contributed by atoms with Gasteiger partial charge in [0.15, 0.2) is 0 Å². The van der Waals surface area contributed by atoms with Crippen molar-refractivity contribution in [3.63, 3.8) is 0 Å². The Bertz CT molecular complexity index is 2030. The fraction of sp³-hybridized carbons (Fsp3) is 0.605. The quantitative estimate of drug-likeness (QED) is 0.112. The highest BCUT2D eigenvalue weighted by Gasteiger charge is 2.41. The van der Waals surface area contributed by atoms with Crippen molar-refractivity contribution in [1.82, 2.24) is 47.4 Å². The molecule has 68 heavy (non-hydrogen) atoms. The van der Waals surface area contributed by atoms with Gasteiger partial charge < -0.3 is 64.0 Å². The van der Waals surface area contributed by atoms with Gasteiger partial charge in [-0.25, -0.2) is 0 Å². The number of amides is 11. The molecule has 1 aromatic carbocycles. The van der Waals surface area contributed by atoms with Crippen molar-refractivity contribution < 1.29 is 57.8 Å². The van der Waals surface area contributed by atoms with Gasteiger partial charge in [-0.3, -0.25) is 52.7 Å². The van der Waals surface area contributed by atoms with Gasteiger partial charge in [-0.1, -0.05) is 54.0 Å². The predicted octanol–water partition coefficient (Wildman–Crippen LogP) is -2.78. The first kappa shape index (κ1) is 54.5. The number of primary amides is 2. The molecule has 13 N–H and O–H groups in total. The fourth-order valence-electron chi connectivity index (χ4n) is 7.67. The molecule has 2 bridgehead atoms. The van der Waals surface area contributed by atoms with E-state index in [1.54, 1.807) is 26.0 Å². The average molecular weight is 990 g/mol. The number of carbonyl (C=O) groups excluding carboxylic acids is 11. The van der Waals surface area contributed by atoms with Gasteiger partial charge in [0.1, 0.15) is 48.0 Å². The maximum atomic E-state index is 14.5. The van der Waals surface area contributed by atoms with Crippen LogP contribution in [0.1, 0.15) is 83.6 Å². The zero-order valence-electron chi connectivity index (χ0n) is 38.1. The Hall–Kier alpha value is -6.11. The van der Waals surface area contributed by atoms with Gasteiger partial charge >= 0.3 is 0 Å². The third kappa shape index (κ3) is 17.2. The number of benzene rings is 1. The van der Waals surface area contributed by atoms with E-state index in [0.717, 1.165) is 21.6 Å². The summed E-state index contributed by atoms with van der Waals surface area (Å²) in [6.07, 6.45) is 0.0383. The average Bonchev–Trinajstić information content (AvgIpc) is 3.79. The number of hydrogen-bond acceptors (Lipinski definition) is 14. The van der Waals surface area contributed by atoms with Crippen LogP contribution >= 0.6 is 21.6 Å². The van der Waals surface area contributed by atoms with Crippen LogP contribution in [0.5, 0.6) is 5.75 Å². The minimum absolute atomic E-state index is 0.0175. The minimum Gasteiger partial charge on any atom is -0.508 e. The monoisotopic (exact) mass is 989 g/mol. The molecule has 3 saturated heterocycles. The molecule has 25 heteroatoms. The number of carbonyl (C=O) groups is 11. The van der Waals surface area contributed by atoms with E-state index in [4.69, 9.17) is 11.5 Å². The molecule has 1 aromatic rings. The van der Waals surface area contributed by atoms with E-state index in [1.165, 1.54) is 17.0 Å². The Kier molecular flexibility index (Phi) is 21.7.